The van der Waals surface area contributed by atoms with E-state index in [0.717, 1.165) is 6.07 Å². The van der Waals surface area contributed by atoms with Gasteiger partial charge in [-0.3, -0.25) is 0 Å². The number of rotatable bonds is 9. The van der Waals surface area contributed by atoms with Gasteiger partial charge in [-0.15, -0.1) is 0 Å². The van der Waals surface area contributed by atoms with Crippen molar-refractivity contribution in [2.24, 2.45) is 11.7 Å². The van der Waals surface area contributed by atoms with Crippen LogP contribution in [-0.2, 0) is 29.3 Å². The molecule has 5 atom stereocenters. The number of carboxylic acids is 2. The van der Waals surface area contributed by atoms with Gasteiger partial charge in [-0.05, 0) is 30.3 Å². The van der Waals surface area contributed by atoms with E-state index in [1.54, 1.807) is 12.1 Å². The summed E-state index contributed by atoms with van der Waals surface area (Å²) in [6.45, 7) is -1.33. The van der Waals surface area contributed by atoms with E-state index in [1.165, 1.54) is 66.7 Å². The highest BCUT2D eigenvalue weighted by Gasteiger charge is 2.58. The van der Waals surface area contributed by atoms with Crippen molar-refractivity contribution in [1.29, 1.82) is 0 Å². The summed E-state index contributed by atoms with van der Waals surface area (Å²) in [6.07, 6.45) is -11.3. The first-order chi connectivity index (χ1) is 21.2. The molecule has 0 aliphatic carbocycles. The smallest absolute Gasteiger partial charge is 0.415 e. The number of hydrogen-bond donors (Lipinski definition) is 4. The summed E-state index contributed by atoms with van der Waals surface area (Å²) in [6, 6.07) is 20.1. The molecule has 1 fully saturated rings. The zero-order valence-corrected chi connectivity index (χ0v) is 23.1. The van der Waals surface area contributed by atoms with Crippen LogP contribution in [0.4, 0.5) is 17.6 Å². The Balaban J connectivity index is 0.000000257. The van der Waals surface area contributed by atoms with Gasteiger partial charge in [0.25, 0.3) is 0 Å². The van der Waals surface area contributed by atoms with Crippen LogP contribution in [0.25, 0.3) is 0 Å². The summed E-state index contributed by atoms with van der Waals surface area (Å²) in [4.78, 5) is 46.8. The molecular weight excluding hydrogens is 610 g/mol. The third-order valence-electron chi connectivity index (χ3n) is 6.67. The summed E-state index contributed by atoms with van der Waals surface area (Å²) in [5, 5.41) is 27.7. The molecule has 0 radical (unpaired) electrons. The van der Waals surface area contributed by atoms with Gasteiger partial charge < -0.3 is 35.3 Å². The maximum absolute atomic E-state index is 13.7. The molecule has 15 heteroatoms. The molecule has 1 heterocycles. The molecule has 5 N–H and O–H groups in total. The Kier molecular flexibility index (Phi) is 11.3. The van der Waals surface area contributed by atoms with Gasteiger partial charge in [0, 0.05) is 11.5 Å². The number of ether oxygens (including phenoxy) is 3. The Hall–Kier alpha value is -4.86. The normalized spacial score (nSPS) is 20.6. The molecule has 0 bridgehead atoms. The Labute approximate surface area is 252 Å². The zero-order valence-electron chi connectivity index (χ0n) is 23.1. The Morgan fingerprint density at radius 3 is 1.62 bits per heavy atom. The number of halogens is 4. The molecule has 4 rings (SSSR count). The molecule has 3 aromatic carbocycles. The van der Waals surface area contributed by atoms with Crippen LogP contribution >= 0.6 is 0 Å². The van der Waals surface area contributed by atoms with Crippen LogP contribution in [0.5, 0.6) is 0 Å². The van der Waals surface area contributed by atoms with E-state index >= 15 is 0 Å². The first kappa shape index (κ1) is 34.6. The number of benzene rings is 3. The second-order valence-corrected chi connectivity index (χ2v) is 9.64. The minimum atomic E-state index is -4.65. The lowest BCUT2D eigenvalue weighted by Gasteiger charge is -2.31. The van der Waals surface area contributed by atoms with Gasteiger partial charge in [-0.25, -0.2) is 23.6 Å². The van der Waals surface area contributed by atoms with Crippen LogP contribution in [0.3, 0.4) is 0 Å². The monoisotopic (exact) mass is 637 g/mol. The largest absolute Gasteiger partial charge is 0.478 e. The van der Waals surface area contributed by atoms with Gasteiger partial charge in [0.1, 0.15) is 5.82 Å². The van der Waals surface area contributed by atoms with Gasteiger partial charge in [0.2, 0.25) is 12.2 Å². The number of nitrogens with two attached hydrogens (primary N) is 1. The van der Waals surface area contributed by atoms with Crippen molar-refractivity contribution in [3.05, 3.63) is 107 Å². The third kappa shape index (κ3) is 8.41. The lowest BCUT2D eigenvalue weighted by molar-refractivity contribution is -0.219. The predicted octanol–water partition coefficient (Wildman–Crippen LogP) is 3.16. The van der Waals surface area contributed by atoms with E-state index in [1.807, 2.05) is 0 Å². The first-order valence-corrected chi connectivity index (χ1v) is 13.0. The van der Waals surface area contributed by atoms with E-state index in [-0.39, 0.29) is 16.7 Å². The fraction of sp³-hybridized carbons (Fsp3) is 0.267. The maximum atomic E-state index is 13.7. The van der Waals surface area contributed by atoms with Crippen LogP contribution in [0.2, 0.25) is 0 Å². The van der Waals surface area contributed by atoms with Crippen molar-refractivity contribution in [3.8, 4) is 0 Å². The lowest BCUT2D eigenvalue weighted by Crippen LogP contribution is -2.50. The number of aliphatic hydroxyl groups excluding tert-OH is 1. The average Bonchev–Trinajstić information content (AvgIpc) is 3.37. The van der Waals surface area contributed by atoms with E-state index in [0.29, 0.717) is 0 Å². The number of carbonyl (C=O) groups is 4. The topological polar surface area (TPSA) is 183 Å². The molecule has 0 aromatic heterocycles. The molecule has 1 aliphatic rings. The van der Waals surface area contributed by atoms with Crippen molar-refractivity contribution in [2.45, 2.75) is 30.0 Å². The predicted molar refractivity (Wildman–Crippen MR) is 145 cm³/mol. The molecule has 1 saturated heterocycles. The number of hydrogen-bond acceptors (Lipinski definition) is 9. The number of carbonyl (C=O) groups excluding carboxylic acids is 2. The molecule has 0 unspecified atom stereocenters. The Bertz CT molecular complexity index is 1420. The van der Waals surface area contributed by atoms with Crippen LogP contribution in [0.15, 0.2) is 84.9 Å². The molecular formula is C30H27F4NO10. The molecule has 240 valence electrons. The SMILES string of the molecule is N[C@@]1(c2ccccc2F)CO[C@H](C(F)(F)F)[C@H]1CO.O=C(O[C@H](C(=O)O)[C@H](OC(=O)c1ccccc1)C(=O)O)c1ccccc1. The maximum Gasteiger partial charge on any atom is 0.415 e. The fourth-order valence-electron chi connectivity index (χ4n) is 4.42. The summed E-state index contributed by atoms with van der Waals surface area (Å²) in [5.41, 5.74) is 4.17. The molecule has 0 amide bonds. The fourth-order valence-corrected chi connectivity index (χ4v) is 4.42. The van der Waals surface area contributed by atoms with E-state index < -0.39 is 78.9 Å². The quantitative estimate of drug-likeness (QED) is 0.200. The second kappa shape index (κ2) is 14.7. The van der Waals surface area contributed by atoms with E-state index in [9.17, 15) is 52.1 Å². The Morgan fingerprint density at radius 1 is 0.822 bits per heavy atom. The number of aliphatic hydroxyl groups is 1. The molecule has 3 aromatic rings. The number of esters is 2. The van der Waals surface area contributed by atoms with Crippen molar-refractivity contribution in [2.75, 3.05) is 13.2 Å². The summed E-state index contributed by atoms with van der Waals surface area (Å²) in [7, 11) is 0. The molecule has 0 saturated carbocycles. The highest BCUT2D eigenvalue weighted by Crippen LogP contribution is 2.44. The van der Waals surface area contributed by atoms with Gasteiger partial charge in [-0.2, -0.15) is 13.2 Å². The lowest BCUT2D eigenvalue weighted by atomic mass is 9.78. The van der Waals surface area contributed by atoms with E-state index in [2.05, 4.69) is 4.74 Å². The van der Waals surface area contributed by atoms with Crippen molar-refractivity contribution >= 4 is 23.9 Å². The van der Waals surface area contributed by atoms with Crippen molar-refractivity contribution in [3.63, 3.8) is 0 Å². The highest BCUT2D eigenvalue weighted by molar-refractivity contribution is 5.95. The summed E-state index contributed by atoms with van der Waals surface area (Å²) < 4.78 is 66.2. The zero-order chi connectivity index (χ0) is 33.4. The minimum absolute atomic E-state index is 0.0253. The number of alkyl halides is 3. The highest BCUT2D eigenvalue weighted by atomic mass is 19.4. The summed E-state index contributed by atoms with van der Waals surface area (Å²) >= 11 is 0. The van der Waals surface area contributed by atoms with Gasteiger partial charge in [0.05, 0.1) is 29.9 Å². The molecule has 11 nitrogen and oxygen atoms in total. The number of carboxylic acid groups (broad SMARTS) is 2. The number of aliphatic carboxylic acids is 2. The second-order valence-electron chi connectivity index (χ2n) is 9.64. The van der Waals surface area contributed by atoms with Crippen LogP contribution in [-0.4, -0.2) is 76.9 Å². The van der Waals surface area contributed by atoms with Gasteiger partial charge in [-0.1, -0.05) is 54.6 Å². The molecule has 1 aliphatic heterocycles. The van der Waals surface area contributed by atoms with Crippen LogP contribution in [0.1, 0.15) is 26.3 Å². The Morgan fingerprint density at radius 2 is 1.24 bits per heavy atom. The third-order valence-corrected chi connectivity index (χ3v) is 6.67. The van der Waals surface area contributed by atoms with E-state index in [4.69, 9.17) is 15.2 Å². The summed E-state index contributed by atoms with van der Waals surface area (Å²) in [5.74, 6) is -7.79. The van der Waals surface area contributed by atoms with Gasteiger partial charge in [0.15, 0.2) is 6.10 Å². The van der Waals surface area contributed by atoms with Crippen molar-refractivity contribution in [1.82, 2.24) is 0 Å². The van der Waals surface area contributed by atoms with Crippen LogP contribution < -0.4 is 5.73 Å². The van der Waals surface area contributed by atoms with Gasteiger partial charge >= 0.3 is 30.1 Å². The van der Waals surface area contributed by atoms with Crippen LogP contribution in [0, 0.1) is 11.7 Å². The average molecular weight is 638 g/mol. The minimum Gasteiger partial charge on any atom is -0.478 e. The molecule has 45 heavy (non-hydrogen) atoms. The standard InChI is InChI=1S/C18H14O8.C12H13F4NO2/c19-15(20)13(25-17(23)11-7-3-1-4-8-11)14(16(21)22)26-18(24)12-9-5-2-6-10-12;13-9-4-2-1-3-7(9)11(17)6-19-10(8(11)5-18)12(14,15)16/h1-10,13-14H,(H,19,20)(H,21,22);1-4,8,10,18H,5-6,17H2/t13-,14-;8-,10+,11-/m01/s1. The first-order valence-electron chi connectivity index (χ1n) is 13.0. The molecule has 0 spiro atoms. The van der Waals surface area contributed by atoms with Crippen molar-refractivity contribution < 1.29 is 66.3 Å².